The highest BCUT2D eigenvalue weighted by atomic mass is 79.9. The summed E-state index contributed by atoms with van der Waals surface area (Å²) in [7, 11) is -2.36. The van der Waals surface area contributed by atoms with Crippen LogP contribution in [0.2, 0.25) is 0 Å². The highest BCUT2D eigenvalue weighted by Gasteiger charge is 2.27. The molecule has 3 aromatic carbocycles. The zero-order chi connectivity index (χ0) is 23.3. The Bertz CT molecular complexity index is 1160. The normalized spacial score (nSPS) is 12.1. The van der Waals surface area contributed by atoms with Crippen LogP contribution < -0.4 is 14.4 Å². The lowest BCUT2D eigenvalue weighted by Gasteiger charge is -2.25. The van der Waals surface area contributed by atoms with Crippen molar-refractivity contribution in [3.8, 4) is 5.75 Å². The molecule has 1 amide bonds. The molecule has 0 saturated heterocycles. The van der Waals surface area contributed by atoms with Gasteiger partial charge in [0.25, 0.3) is 10.0 Å². The number of hydrogen-bond donors (Lipinski definition) is 1. The summed E-state index contributed by atoms with van der Waals surface area (Å²) in [5.41, 5.74) is 2.24. The van der Waals surface area contributed by atoms with Crippen molar-refractivity contribution in [3.63, 3.8) is 0 Å². The molecule has 168 valence electrons. The molecule has 1 atom stereocenters. The number of nitrogens with zero attached hydrogens (tertiary/aromatic N) is 1. The summed E-state index contributed by atoms with van der Waals surface area (Å²) in [5, 5.41) is 2.88. The van der Waals surface area contributed by atoms with Crippen molar-refractivity contribution in [3.05, 3.63) is 88.4 Å². The Morgan fingerprint density at radius 2 is 1.59 bits per heavy atom. The van der Waals surface area contributed by atoms with Crippen LogP contribution in [0.3, 0.4) is 0 Å². The fourth-order valence-corrected chi connectivity index (χ4v) is 4.84. The number of ether oxygens (including phenoxy) is 1. The molecule has 32 heavy (non-hydrogen) atoms. The van der Waals surface area contributed by atoms with Gasteiger partial charge >= 0.3 is 0 Å². The number of halogens is 1. The average molecular weight is 517 g/mol. The highest BCUT2D eigenvalue weighted by molar-refractivity contribution is 9.10. The summed E-state index contributed by atoms with van der Waals surface area (Å²) in [6.07, 6.45) is 0. The van der Waals surface area contributed by atoms with E-state index in [9.17, 15) is 13.2 Å². The Hall–Kier alpha value is -2.84. The maximum atomic E-state index is 13.4. The lowest BCUT2D eigenvalue weighted by Crippen LogP contribution is -2.41. The fourth-order valence-electron chi connectivity index (χ4n) is 3.15. The predicted molar refractivity (Wildman–Crippen MR) is 129 cm³/mol. The van der Waals surface area contributed by atoms with Gasteiger partial charge in [-0.05, 0) is 67.9 Å². The van der Waals surface area contributed by atoms with Gasteiger partial charge in [0.2, 0.25) is 5.91 Å². The molecule has 0 spiro atoms. The summed E-state index contributed by atoms with van der Waals surface area (Å²) in [6, 6.07) is 20.4. The Morgan fingerprint density at radius 1 is 1.00 bits per heavy atom. The molecule has 3 rings (SSSR count). The second-order valence-electron chi connectivity index (χ2n) is 7.36. The smallest absolute Gasteiger partial charge is 0.264 e. The third-order valence-electron chi connectivity index (χ3n) is 5.00. The zero-order valence-electron chi connectivity index (χ0n) is 18.1. The second-order valence-corrected chi connectivity index (χ2v) is 10.1. The molecule has 0 aliphatic carbocycles. The number of benzene rings is 3. The summed E-state index contributed by atoms with van der Waals surface area (Å²) in [4.78, 5) is 13.0. The van der Waals surface area contributed by atoms with Crippen molar-refractivity contribution >= 4 is 37.5 Å². The van der Waals surface area contributed by atoms with E-state index in [1.54, 1.807) is 55.6 Å². The van der Waals surface area contributed by atoms with Crippen LogP contribution in [-0.4, -0.2) is 28.0 Å². The van der Waals surface area contributed by atoms with E-state index in [4.69, 9.17) is 4.74 Å². The Labute approximate surface area is 197 Å². The van der Waals surface area contributed by atoms with Gasteiger partial charge in [-0.3, -0.25) is 9.10 Å². The first-order valence-electron chi connectivity index (χ1n) is 9.99. The molecule has 0 heterocycles. The molecule has 6 nitrogen and oxygen atoms in total. The molecule has 0 aliphatic rings. The molecule has 3 aromatic rings. The SMILES string of the molecule is COc1ccc([C@@H](C)NC(=O)CN(c2ccc(Br)cc2)S(=O)(=O)c2ccc(C)cc2)cc1. The van der Waals surface area contributed by atoms with Gasteiger partial charge in [0.1, 0.15) is 12.3 Å². The van der Waals surface area contributed by atoms with Crippen molar-refractivity contribution in [1.82, 2.24) is 5.32 Å². The van der Waals surface area contributed by atoms with Gasteiger partial charge in [0.05, 0.1) is 23.7 Å². The number of amides is 1. The van der Waals surface area contributed by atoms with Gasteiger partial charge in [-0.1, -0.05) is 45.8 Å². The third kappa shape index (κ3) is 5.69. The molecule has 0 fully saturated rings. The molecule has 0 bridgehead atoms. The Morgan fingerprint density at radius 3 is 2.16 bits per heavy atom. The minimum Gasteiger partial charge on any atom is -0.497 e. The maximum absolute atomic E-state index is 13.4. The number of anilines is 1. The Kier molecular flexibility index (Phi) is 7.58. The van der Waals surface area contributed by atoms with Crippen LogP contribution in [0.25, 0.3) is 0 Å². The monoisotopic (exact) mass is 516 g/mol. The third-order valence-corrected chi connectivity index (χ3v) is 7.32. The maximum Gasteiger partial charge on any atom is 0.264 e. The highest BCUT2D eigenvalue weighted by Crippen LogP contribution is 2.26. The lowest BCUT2D eigenvalue weighted by molar-refractivity contribution is -0.120. The van der Waals surface area contributed by atoms with E-state index in [1.807, 2.05) is 38.1 Å². The largest absolute Gasteiger partial charge is 0.497 e. The standard InChI is InChI=1S/C24H25BrN2O4S/c1-17-4-14-23(15-5-17)32(29,30)27(21-10-8-20(25)9-11-21)16-24(28)26-18(2)19-6-12-22(31-3)13-7-19/h4-15,18H,16H2,1-3H3,(H,26,28)/t18-/m1/s1. The first-order chi connectivity index (χ1) is 15.2. The second kappa shape index (κ2) is 10.2. The van der Waals surface area contributed by atoms with E-state index < -0.39 is 15.9 Å². The van der Waals surface area contributed by atoms with Gasteiger partial charge in [-0.25, -0.2) is 8.42 Å². The van der Waals surface area contributed by atoms with Crippen LogP contribution in [0.4, 0.5) is 5.69 Å². The molecule has 0 aromatic heterocycles. The quantitative estimate of drug-likeness (QED) is 0.464. The minimum atomic E-state index is -3.95. The van der Waals surface area contributed by atoms with Gasteiger partial charge in [0.15, 0.2) is 0 Å². The van der Waals surface area contributed by atoms with Crippen LogP contribution in [0.1, 0.15) is 24.1 Å². The van der Waals surface area contributed by atoms with Crippen molar-refractivity contribution in [1.29, 1.82) is 0 Å². The fraction of sp³-hybridized carbons (Fsp3) is 0.208. The number of nitrogens with one attached hydrogen (secondary N) is 1. The van der Waals surface area contributed by atoms with Crippen molar-refractivity contribution in [2.75, 3.05) is 18.0 Å². The summed E-state index contributed by atoms with van der Waals surface area (Å²) in [6.45, 7) is 3.38. The van der Waals surface area contributed by atoms with Gasteiger partial charge < -0.3 is 10.1 Å². The first kappa shape index (κ1) is 23.8. The topological polar surface area (TPSA) is 75.7 Å². The average Bonchev–Trinajstić information content (AvgIpc) is 2.78. The van der Waals surface area contributed by atoms with E-state index in [0.29, 0.717) is 5.69 Å². The van der Waals surface area contributed by atoms with Crippen LogP contribution in [-0.2, 0) is 14.8 Å². The Balaban J connectivity index is 1.85. The van der Waals surface area contributed by atoms with Gasteiger partial charge in [-0.2, -0.15) is 0 Å². The van der Waals surface area contributed by atoms with Crippen molar-refractivity contribution in [2.45, 2.75) is 24.8 Å². The molecular weight excluding hydrogens is 492 g/mol. The van der Waals surface area contributed by atoms with Crippen LogP contribution >= 0.6 is 15.9 Å². The summed E-state index contributed by atoms with van der Waals surface area (Å²) < 4.78 is 33.9. The number of sulfonamides is 1. The number of carbonyl (C=O) groups is 1. The van der Waals surface area contributed by atoms with Gasteiger partial charge in [0, 0.05) is 4.47 Å². The molecule has 0 radical (unpaired) electrons. The van der Waals surface area contributed by atoms with E-state index in [-0.39, 0.29) is 17.5 Å². The van der Waals surface area contributed by atoms with Crippen LogP contribution in [0, 0.1) is 6.92 Å². The summed E-state index contributed by atoms with van der Waals surface area (Å²) >= 11 is 3.36. The molecule has 8 heteroatoms. The number of methoxy groups -OCH3 is 1. The summed E-state index contributed by atoms with van der Waals surface area (Å²) in [5.74, 6) is 0.310. The first-order valence-corrected chi connectivity index (χ1v) is 12.2. The molecule has 0 aliphatic heterocycles. The minimum absolute atomic E-state index is 0.127. The number of hydrogen-bond acceptors (Lipinski definition) is 4. The van der Waals surface area contributed by atoms with E-state index in [2.05, 4.69) is 21.2 Å². The molecule has 0 saturated carbocycles. The van der Waals surface area contributed by atoms with Crippen LogP contribution in [0.15, 0.2) is 82.2 Å². The molecule has 1 N–H and O–H groups in total. The lowest BCUT2D eigenvalue weighted by atomic mass is 10.1. The predicted octanol–water partition coefficient (Wildman–Crippen LogP) is 4.84. The van der Waals surface area contributed by atoms with E-state index in [0.717, 1.165) is 25.7 Å². The van der Waals surface area contributed by atoms with Crippen molar-refractivity contribution < 1.29 is 17.9 Å². The zero-order valence-corrected chi connectivity index (χ0v) is 20.5. The van der Waals surface area contributed by atoms with Gasteiger partial charge in [-0.15, -0.1) is 0 Å². The number of carbonyl (C=O) groups excluding carboxylic acids is 1. The van der Waals surface area contributed by atoms with Crippen molar-refractivity contribution in [2.24, 2.45) is 0 Å². The molecule has 0 unspecified atom stereocenters. The van der Waals surface area contributed by atoms with E-state index in [1.165, 1.54) is 0 Å². The number of aryl methyl sites for hydroxylation is 1. The number of rotatable bonds is 8. The van der Waals surface area contributed by atoms with E-state index >= 15 is 0 Å². The van der Waals surface area contributed by atoms with Crippen LogP contribution in [0.5, 0.6) is 5.75 Å². The molecular formula is C24H25BrN2O4S.